The molecule has 0 aliphatic heterocycles. The van der Waals surface area contributed by atoms with Crippen LogP contribution in [0.25, 0.3) is 96.4 Å². The highest BCUT2D eigenvalue weighted by molar-refractivity contribution is 7.25. The lowest BCUT2D eigenvalue weighted by Crippen LogP contribution is -2.09. The Balaban J connectivity index is 0.911. The molecule has 6 aromatic carbocycles. The van der Waals surface area contributed by atoms with Gasteiger partial charge in [0.05, 0.1) is 17.1 Å². The van der Waals surface area contributed by atoms with Gasteiger partial charge in [-0.15, -0.1) is 22.7 Å². The van der Waals surface area contributed by atoms with Gasteiger partial charge >= 0.3 is 0 Å². The second-order valence-corrected chi connectivity index (χ2v) is 16.5. The van der Waals surface area contributed by atoms with Gasteiger partial charge in [0.1, 0.15) is 15.2 Å². The Hall–Kier alpha value is -7.19. The molecule has 0 fully saturated rings. The highest BCUT2D eigenvalue weighted by atomic mass is 32.1. The lowest BCUT2D eigenvalue weighted by molar-refractivity contribution is 0.654. The van der Waals surface area contributed by atoms with E-state index < -0.39 is 0 Å². The molecule has 0 atom stereocenters. The Labute approximate surface area is 340 Å². The number of thiophene rings is 2. The number of rotatable bonds is 6. The molecule has 0 aliphatic rings. The topological polar surface area (TPSA) is 55.1 Å². The molecule has 0 radical (unpaired) electrons. The number of nitrogens with zero attached hydrogens (tertiary/aromatic N) is 4. The van der Waals surface area contributed by atoms with E-state index in [1.54, 1.807) is 22.7 Å². The molecule has 0 spiro atoms. The third-order valence-corrected chi connectivity index (χ3v) is 13.2. The standard InChI is InChI=1S/C51H30N4OS2/c1-4-10-46-37(7-1)40-25-28-43(52-49(40)56-46)31-13-19-34(20-14-31)55(35-21-15-32(16-22-35)44-29-26-41-38-8-2-5-11-47(38)57-50(41)53-44)36-23-17-33(18-24-36)45-30-27-42-39-9-3-6-12-48(39)58-51(42)54-45/h1-30H. The lowest BCUT2D eigenvalue weighted by Gasteiger charge is -2.26. The van der Waals surface area contributed by atoms with E-state index in [9.17, 15) is 0 Å². The number of hydrogen-bond donors (Lipinski definition) is 0. The SMILES string of the molecule is c1ccc2c(c1)oc1nc(-c3ccc(N(c4ccc(-c5ccc6c(n5)sc5ccccc56)cc4)c4ccc(-c5ccc6c(n5)sc5ccccc56)cc4)cc3)ccc12. The molecule has 0 N–H and O–H groups in total. The van der Waals surface area contributed by atoms with Crippen LogP contribution in [-0.4, -0.2) is 15.0 Å². The van der Waals surface area contributed by atoms with Crippen molar-refractivity contribution in [3.63, 3.8) is 0 Å². The van der Waals surface area contributed by atoms with Crippen molar-refractivity contribution in [1.29, 1.82) is 0 Å². The molecule has 7 heteroatoms. The summed E-state index contributed by atoms with van der Waals surface area (Å²) in [5, 5.41) is 7.01. The van der Waals surface area contributed by atoms with Gasteiger partial charge in [-0.3, -0.25) is 0 Å². The van der Waals surface area contributed by atoms with E-state index in [0.29, 0.717) is 5.71 Å². The third-order valence-electron chi connectivity index (χ3n) is 11.0. The summed E-state index contributed by atoms with van der Waals surface area (Å²) in [7, 11) is 0. The van der Waals surface area contributed by atoms with Crippen molar-refractivity contribution < 1.29 is 4.42 Å². The molecule has 0 aliphatic carbocycles. The van der Waals surface area contributed by atoms with Gasteiger partial charge in [0.25, 0.3) is 0 Å². The zero-order chi connectivity index (χ0) is 38.2. The summed E-state index contributed by atoms with van der Waals surface area (Å²) in [6.45, 7) is 0. The number of anilines is 3. The second-order valence-electron chi connectivity index (χ2n) is 14.4. The summed E-state index contributed by atoms with van der Waals surface area (Å²) in [4.78, 5) is 19.5. The first kappa shape index (κ1) is 33.0. The van der Waals surface area contributed by atoms with E-state index in [0.717, 1.165) is 76.9 Å². The van der Waals surface area contributed by atoms with Crippen LogP contribution in [0.4, 0.5) is 17.1 Å². The van der Waals surface area contributed by atoms with Crippen molar-refractivity contribution in [2.45, 2.75) is 0 Å². The molecule has 5 nitrogen and oxygen atoms in total. The molecule has 6 heterocycles. The van der Waals surface area contributed by atoms with Crippen LogP contribution in [-0.2, 0) is 0 Å². The summed E-state index contributed by atoms with van der Waals surface area (Å²) in [5.74, 6) is 0. The number of pyridine rings is 3. The van der Waals surface area contributed by atoms with Crippen LogP contribution in [0, 0.1) is 0 Å². The number of furan rings is 1. The minimum absolute atomic E-state index is 0.645. The molecule has 0 saturated carbocycles. The normalized spacial score (nSPS) is 11.8. The molecule has 12 aromatic rings. The molecular weight excluding hydrogens is 749 g/mol. The Morgan fingerprint density at radius 2 is 0.759 bits per heavy atom. The number of fused-ring (bicyclic) bond motifs is 9. The summed E-state index contributed by atoms with van der Waals surface area (Å²) in [5.41, 5.74) is 10.6. The largest absolute Gasteiger partial charge is 0.438 e. The minimum atomic E-state index is 0.645. The lowest BCUT2D eigenvalue weighted by atomic mass is 10.1. The maximum atomic E-state index is 6.12. The maximum Gasteiger partial charge on any atom is 0.227 e. The van der Waals surface area contributed by atoms with Crippen LogP contribution in [0.2, 0.25) is 0 Å². The van der Waals surface area contributed by atoms with E-state index >= 15 is 0 Å². The summed E-state index contributed by atoms with van der Waals surface area (Å²) in [6, 6.07) is 64.0. The maximum absolute atomic E-state index is 6.12. The van der Waals surface area contributed by atoms with Crippen LogP contribution in [0.3, 0.4) is 0 Å². The van der Waals surface area contributed by atoms with Crippen LogP contribution in [0.5, 0.6) is 0 Å². The quantitative estimate of drug-likeness (QED) is 0.168. The minimum Gasteiger partial charge on any atom is -0.438 e. The van der Waals surface area contributed by atoms with Crippen molar-refractivity contribution in [3.8, 4) is 33.8 Å². The highest BCUT2D eigenvalue weighted by Gasteiger charge is 2.17. The molecular formula is C51H30N4OS2. The molecule has 0 saturated heterocycles. The van der Waals surface area contributed by atoms with E-state index in [1.165, 1.54) is 30.9 Å². The summed E-state index contributed by atoms with van der Waals surface area (Å²) < 4.78 is 8.63. The molecule has 0 amide bonds. The number of benzene rings is 6. The van der Waals surface area contributed by atoms with E-state index in [2.05, 4.69) is 169 Å². The van der Waals surface area contributed by atoms with Crippen molar-refractivity contribution in [2.75, 3.05) is 4.90 Å². The monoisotopic (exact) mass is 778 g/mol. The average Bonchev–Trinajstić information content (AvgIpc) is 3.97. The van der Waals surface area contributed by atoms with Crippen LogP contribution < -0.4 is 4.90 Å². The molecule has 12 rings (SSSR count). The first-order chi connectivity index (χ1) is 28.7. The van der Waals surface area contributed by atoms with E-state index in [1.807, 2.05) is 18.2 Å². The van der Waals surface area contributed by atoms with E-state index in [-0.39, 0.29) is 0 Å². The van der Waals surface area contributed by atoms with Gasteiger partial charge in [-0.05, 0) is 91.0 Å². The smallest absolute Gasteiger partial charge is 0.227 e. The van der Waals surface area contributed by atoms with Gasteiger partial charge in [-0.2, -0.15) is 0 Å². The van der Waals surface area contributed by atoms with Gasteiger partial charge in [-0.1, -0.05) is 91.0 Å². The molecule has 6 aromatic heterocycles. The average molecular weight is 779 g/mol. The second kappa shape index (κ2) is 13.2. The number of hydrogen-bond acceptors (Lipinski definition) is 7. The van der Waals surface area contributed by atoms with Crippen molar-refractivity contribution in [1.82, 2.24) is 15.0 Å². The Bertz CT molecular complexity index is 3140. The third kappa shape index (κ3) is 5.47. The van der Waals surface area contributed by atoms with Crippen LogP contribution in [0.1, 0.15) is 0 Å². The molecule has 58 heavy (non-hydrogen) atoms. The van der Waals surface area contributed by atoms with Crippen molar-refractivity contribution in [2.24, 2.45) is 0 Å². The predicted octanol–water partition coefficient (Wildman–Crippen LogP) is 15.0. The van der Waals surface area contributed by atoms with Gasteiger partial charge in [0, 0.05) is 75.5 Å². The van der Waals surface area contributed by atoms with Crippen molar-refractivity contribution >= 4 is 102 Å². The van der Waals surface area contributed by atoms with Crippen molar-refractivity contribution in [3.05, 3.63) is 182 Å². The highest BCUT2D eigenvalue weighted by Crippen LogP contribution is 2.40. The Kier molecular flexibility index (Phi) is 7.51. The first-order valence-electron chi connectivity index (χ1n) is 19.2. The van der Waals surface area contributed by atoms with Gasteiger partial charge in [0.2, 0.25) is 5.71 Å². The van der Waals surface area contributed by atoms with E-state index in [4.69, 9.17) is 19.4 Å². The molecule has 0 unspecified atom stereocenters. The molecule has 272 valence electrons. The summed E-state index contributed by atoms with van der Waals surface area (Å²) >= 11 is 3.48. The Morgan fingerprint density at radius 1 is 0.345 bits per heavy atom. The predicted molar refractivity (Wildman–Crippen MR) is 244 cm³/mol. The Morgan fingerprint density at radius 3 is 1.26 bits per heavy atom. The number of para-hydroxylation sites is 1. The van der Waals surface area contributed by atoms with Gasteiger partial charge in [-0.25, -0.2) is 15.0 Å². The fourth-order valence-electron chi connectivity index (χ4n) is 8.09. The zero-order valence-electron chi connectivity index (χ0n) is 30.8. The fourth-order valence-corrected chi connectivity index (χ4v) is 10.2. The van der Waals surface area contributed by atoms with Gasteiger partial charge < -0.3 is 9.32 Å². The number of aromatic nitrogens is 3. The summed E-state index contributed by atoms with van der Waals surface area (Å²) in [6.07, 6.45) is 0. The van der Waals surface area contributed by atoms with Crippen LogP contribution >= 0.6 is 22.7 Å². The zero-order valence-corrected chi connectivity index (χ0v) is 32.5. The van der Waals surface area contributed by atoms with Gasteiger partial charge in [0.15, 0.2) is 0 Å². The first-order valence-corrected chi connectivity index (χ1v) is 20.8. The fraction of sp³-hybridized carbons (Fsp3) is 0. The molecule has 0 bridgehead atoms. The van der Waals surface area contributed by atoms with Crippen LogP contribution in [0.15, 0.2) is 186 Å².